The molecule has 4 nitrogen and oxygen atoms in total. The second kappa shape index (κ2) is 9.01. The van der Waals surface area contributed by atoms with Gasteiger partial charge in [0.05, 0.1) is 12.6 Å². The number of hydrogen-bond donors (Lipinski definition) is 3. The van der Waals surface area contributed by atoms with Gasteiger partial charge in [0.2, 0.25) is 0 Å². The zero-order chi connectivity index (χ0) is 13.9. The molecule has 1 rings (SSSR count). The Morgan fingerprint density at radius 3 is 2.68 bits per heavy atom. The first-order valence-electron chi connectivity index (χ1n) is 6.41. The maximum atomic E-state index is 11.6. The Morgan fingerprint density at radius 2 is 2.05 bits per heavy atom. The van der Waals surface area contributed by atoms with E-state index in [4.69, 9.17) is 6.42 Å². The van der Waals surface area contributed by atoms with Gasteiger partial charge >= 0.3 is 6.03 Å². The van der Waals surface area contributed by atoms with Crippen LogP contribution in [0.25, 0.3) is 0 Å². The summed E-state index contributed by atoms with van der Waals surface area (Å²) in [6.07, 6.45) is 7.63. The van der Waals surface area contributed by atoms with E-state index in [1.54, 1.807) is 0 Å². The Kier molecular flexibility index (Phi) is 7.14. The van der Waals surface area contributed by atoms with Crippen LogP contribution in [0.1, 0.15) is 30.9 Å². The molecular formula is C15H20N2O2. The molecule has 0 bridgehead atoms. The van der Waals surface area contributed by atoms with Gasteiger partial charge < -0.3 is 15.7 Å². The van der Waals surface area contributed by atoms with Crippen molar-refractivity contribution in [3.05, 3.63) is 35.9 Å². The second-order valence-electron chi connectivity index (χ2n) is 4.21. The van der Waals surface area contributed by atoms with Gasteiger partial charge in [0.25, 0.3) is 0 Å². The number of terminal acetylenes is 1. The summed E-state index contributed by atoms with van der Waals surface area (Å²) in [5.74, 6) is 2.56. The van der Waals surface area contributed by atoms with Gasteiger partial charge in [0.1, 0.15) is 0 Å². The Bertz CT molecular complexity index is 412. The third kappa shape index (κ3) is 5.94. The van der Waals surface area contributed by atoms with Crippen LogP contribution in [0.4, 0.5) is 4.79 Å². The van der Waals surface area contributed by atoms with Gasteiger partial charge in [0, 0.05) is 13.0 Å². The molecule has 1 unspecified atom stereocenters. The van der Waals surface area contributed by atoms with E-state index < -0.39 is 0 Å². The summed E-state index contributed by atoms with van der Waals surface area (Å²) in [6, 6.07) is 8.72. The number of rotatable bonds is 7. The third-order valence-corrected chi connectivity index (χ3v) is 2.72. The molecule has 0 saturated carbocycles. The number of carbonyl (C=O) groups excluding carboxylic acids is 1. The highest BCUT2D eigenvalue weighted by atomic mass is 16.3. The van der Waals surface area contributed by atoms with Crippen molar-refractivity contribution in [2.75, 3.05) is 13.2 Å². The third-order valence-electron chi connectivity index (χ3n) is 2.72. The lowest BCUT2D eigenvalue weighted by Gasteiger charge is -2.17. The topological polar surface area (TPSA) is 61.4 Å². The summed E-state index contributed by atoms with van der Waals surface area (Å²) < 4.78 is 0. The first-order chi connectivity index (χ1) is 9.27. The molecule has 0 fully saturated rings. The fourth-order valence-corrected chi connectivity index (χ4v) is 1.68. The molecule has 19 heavy (non-hydrogen) atoms. The van der Waals surface area contributed by atoms with Crippen molar-refractivity contribution in [2.45, 2.75) is 25.3 Å². The molecule has 1 aromatic rings. The molecule has 1 atom stereocenters. The highest BCUT2D eigenvalue weighted by Gasteiger charge is 2.12. The first kappa shape index (κ1) is 15.1. The highest BCUT2D eigenvalue weighted by Crippen LogP contribution is 2.10. The lowest BCUT2D eigenvalue weighted by atomic mass is 10.1. The van der Waals surface area contributed by atoms with Crippen LogP contribution in [-0.2, 0) is 0 Å². The fraction of sp³-hybridized carbons (Fsp3) is 0.400. The predicted molar refractivity (Wildman–Crippen MR) is 75.5 cm³/mol. The highest BCUT2D eigenvalue weighted by molar-refractivity contribution is 5.74. The number of aliphatic hydroxyl groups is 1. The number of hydrogen-bond acceptors (Lipinski definition) is 2. The van der Waals surface area contributed by atoms with Gasteiger partial charge in [-0.3, -0.25) is 0 Å². The molecule has 0 heterocycles. The molecular weight excluding hydrogens is 240 g/mol. The summed E-state index contributed by atoms with van der Waals surface area (Å²) in [6.45, 7) is 0.453. The van der Waals surface area contributed by atoms with Crippen LogP contribution >= 0.6 is 0 Å². The Hall–Kier alpha value is -1.99. The van der Waals surface area contributed by atoms with Crippen molar-refractivity contribution in [3.8, 4) is 12.3 Å². The maximum absolute atomic E-state index is 11.6. The Balaban J connectivity index is 2.32. The summed E-state index contributed by atoms with van der Waals surface area (Å²) in [5, 5.41) is 14.8. The zero-order valence-electron chi connectivity index (χ0n) is 10.9. The Morgan fingerprint density at radius 1 is 1.32 bits per heavy atom. The monoisotopic (exact) mass is 260 g/mol. The number of amides is 2. The normalized spacial score (nSPS) is 11.4. The summed E-state index contributed by atoms with van der Waals surface area (Å²) >= 11 is 0. The molecule has 2 amide bonds. The van der Waals surface area contributed by atoms with Gasteiger partial charge in [-0.2, -0.15) is 0 Å². The SMILES string of the molecule is C#CCCCCNC(=O)NC(CO)c1ccccc1. The summed E-state index contributed by atoms with van der Waals surface area (Å²) in [5.41, 5.74) is 0.882. The minimum Gasteiger partial charge on any atom is -0.394 e. The van der Waals surface area contributed by atoms with Crippen LogP contribution in [0.3, 0.4) is 0 Å². The van der Waals surface area contributed by atoms with Gasteiger partial charge in [-0.15, -0.1) is 12.3 Å². The van der Waals surface area contributed by atoms with E-state index in [1.807, 2.05) is 30.3 Å². The molecule has 0 aromatic heterocycles. The standard InChI is InChI=1S/C15H20N2O2/c1-2-3-4-8-11-16-15(19)17-14(12-18)13-9-6-5-7-10-13/h1,5-7,9-10,14,18H,3-4,8,11-12H2,(H2,16,17,19). The molecule has 0 radical (unpaired) electrons. The second-order valence-corrected chi connectivity index (χ2v) is 4.21. The van der Waals surface area contributed by atoms with E-state index in [9.17, 15) is 9.90 Å². The number of benzene rings is 1. The number of nitrogens with one attached hydrogen (secondary N) is 2. The van der Waals surface area contributed by atoms with Crippen LogP contribution in [0.2, 0.25) is 0 Å². The lowest BCUT2D eigenvalue weighted by molar-refractivity contribution is 0.217. The van der Waals surface area contributed by atoms with Crippen LogP contribution in [0, 0.1) is 12.3 Å². The largest absolute Gasteiger partial charge is 0.394 e. The van der Waals surface area contributed by atoms with Crippen molar-refractivity contribution in [1.29, 1.82) is 0 Å². The molecule has 4 heteroatoms. The van der Waals surface area contributed by atoms with Crippen molar-refractivity contribution in [3.63, 3.8) is 0 Å². The average Bonchev–Trinajstić information content (AvgIpc) is 2.45. The molecule has 0 aliphatic heterocycles. The van der Waals surface area contributed by atoms with Gasteiger partial charge in [-0.25, -0.2) is 4.79 Å². The van der Waals surface area contributed by atoms with E-state index in [2.05, 4.69) is 16.6 Å². The lowest BCUT2D eigenvalue weighted by Crippen LogP contribution is -2.39. The predicted octanol–water partition coefficient (Wildman–Crippen LogP) is 1.82. The number of urea groups is 1. The molecule has 3 N–H and O–H groups in total. The number of aliphatic hydroxyl groups excluding tert-OH is 1. The zero-order valence-corrected chi connectivity index (χ0v) is 10.9. The Labute approximate surface area is 114 Å². The van der Waals surface area contributed by atoms with E-state index in [0.717, 1.165) is 24.8 Å². The van der Waals surface area contributed by atoms with Crippen molar-refractivity contribution >= 4 is 6.03 Å². The summed E-state index contributed by atoms with van der Waals surface area (Å²) in [4.78, 5) is 11.6. The minimum atomic E-state index is -0.382. The molecule has 0 aliphatic carbocycles. The van der Waals surface area contributed by atoms with Gasteiger partial charge in [0.15, 0.2) is 0 Å². The van der Waals surface area contributed by atoms with Gasteiger partial charge in [-0.05, 0) is 18.4 Å². The molecule has 102 valence electrons. The fourth-order valence-electron chi connectivity index (χ4n) is 1.68. The minimum absolute atomic E-state index is 0.130. The van der Waals surface area contributed by atoms with Crippen LogP contribution in [-0.4, -0.2) is 24.3 Å². The molecule has 0 aliphatic rings. The number of carbonyl (C=O) groups is 1. The smallest absolute Gasteiger partial charge is 0.315 e. The van der Waals surface area contributed by atoms with Crippen LogP contribution < -0.4 is 10.6 Å². The average molecular weight is 260 g/mol. The van der Waals surface area contributed by atoms with E-state index in [1.165, 1.54) is 0 Å². The summed E-state index contributed by atoms with van der Waals surface area (Å²) in [7, 11) is 0. The maximum Gasteiger partial charge on any atom is 0.315 e. The van der Waals surface area contributed by atoms with E-state index in [0.29, 0.717) is 6.54 Å². The van der Waals surface area contributed by atoms with E-state index in [-0.39, 0.29) is 18.7 Å². The van der Waals surface area contributed by atoms with Gasteiger partial charge in [-0.1, -0.05) is 30.3 Å². The quantitative estimate of drug-likeness (QED) is 0.517. The first-order valence-corrected chi connectivity index (χ1v) is 6.41. The molecule has 0 saturated heterocycles. The van der Waals surface area contributed by atoms with E-state index >= 15 is 0 Å². The van der Waals surface area contributed by atoms with Crippen molar-refractivity contribution in [1.82, 2.24) is 10.6 Å². The van der Waals surface area contributed by atoms with Crippen molar-refractivity contribution < 1.29 is 9.90 Å². The van der Waals surface area contributed by atoms with Crippen LogP contribution in [0.15, 0.2) is 30.3 Å². The van der Waals surface area contributed by atoms with Crippen LogP contribution in [0.5, 0.6) is 0 Å². The molecule has 0 spiro atoms. The molecule has 1 aromatic carbocycles. The van der Waals surface area contributed by atoms with Crippen molar-refractivity contribution in [2.24, 2.45) is 0 Å². The number of unbranched alkanes of at least 4 members (excludes halogenated alkanes) is 2.